The molecule has 1 fully saturated rings. The second-order valence-electron chi connectivity index (χ2n) is 4.51. The topological polar surface area (TPSA) is 21.3 Å². The molecule has 0 saturated heterocycles. The summed E-state index contributed by atoms with van der Waals surface area (Å²) >= 11 is 2.15. The van der Waals surface area contributed by atoms with Crippen molar-refractivity contribution in [2.75, 3.05) is 25.5 Å². The minimum Gasteiger partial charge on any atom is -0.380 e. The van der Waals surface area contributed by atoms with Crippen LogP contribution in [0.3, 0.4) is 0 Å². The summed E-state index contributed by atoms with van der Waals surface area (Å²) in [5.41, 5.74) is 0. The van der Waals surface area contributed by atoms with Crippen LogP contribution in [-0.2, 0) is 4.74 Å². The Hall–Kier alpha value is 0.270. The predicted molar refractivity (Wildman–Crippen MR) is 73.3 cm³/mol. The molecule has 0 aromatic rings. The highest BCUT2D eigenvalue weighted by molar-refractivity contribution is 7.99. The number of hydrogen-bond donors (Lipinski definition) is 1. The third-order valence-corrected chi connectivity index (χ3v) is 4.64. The van der Waals surface area contributed by atoms with Gasteiger partial charge in [-0.3, -0.25) is 0 Å². The van der Waals surface area contributed by atoms with Crippen LogP contribution >= 0.6 is 11.8 Å². The van der Waals surface area contributed by atoms with Gasteiger partial charge < -0.3 is 10.1 Å². The van der Waals surface area contributed by atoms with Crippen molar-refractivity contribution in [1.29, 1.82) is 0 Å². The van der Waals surface area contributed by atoms with Gasteiger partial charge in [-0.15, -0.1) is 0 Å². The van der Waals surface area contributed by atoms with E-state index >= 15 is 0 Å². The molecule has 16 heavy (non-hydrogen) atoms. The minimum atomic E-state index is 0.539. The van der Waals surface area contributed by atoms with Crippen LogP contribution < -0.4 is 5.32 Å². The van der Waals surface area contributed by atoms with Crippen molar-refractivity contribution in [1.82, 2.24) is 5.32 Å². The predicted octanol–water partition coefficient (Wildman–Crippen LogP) is 3.07. The van der Waals surface area contributed by atoms with E-state index in [1.807, 2.05) is 0 Å². The quantitative estimate of drug-likeness (QED) is 0.710. The maximum Gasteiger partial charge on any atom is 0.0627 e. The highest BCUT2D eigenvalue weighted by Crippen LogP contribution is 2.28. The molecule has 0 aliphatic heterocycles. The van der Waals surface area contributed by atoms with E-state index in [1.54, 1.807) is 0 Å². The van der Waals surface area contributed by atoms with E-state index in [4.69, 9.17) is 4.74 Å². The monoisotopic (exact) mass is 245 g/mol. The van der Waals surface area contributed by atoms with Gasteiger partial charge in [-0.1, -0.05) is 26.2 Å². The van der Waals surface area contributed by atoms with Crippen molar-refractivity contribution < 1.29 is 4.74 Å². The summed E-state index contributed by atoms with van der Waals surface area (Å²) in [6.45, 7) is 6.98. The standard InChI is InChI=1S/C13H27NOS/c1-3-14-12(10-15-4-2)11-16-13-8-6-5-7-9-13/h12-14H,3-11H2,1-2H3. The summed E-state index contributed by atoms with van der Waals surface area (Å²) in [4.78, 5) is 0. The molecule has 1 aliphatic rings. The zero-order valence-corrected chi connectivity index (χ0v) is 11.7. The fraction of sp³-hybridized carbons (Fsp3) is 1.00. The van der Waals surface area contributed by atoms with Crippen molar-refractivity contribution in [3.05, 3.63) is 0 Å². The van der Waals surface area contributed by atoms with E-state index in [1.165, 1.54) is 37.9 Å². The van der Waals surface area contributed by atoms with Crippen LogP contribution in [0.1, 0.15) is 46.0 Å². The maximum atomic E-state index is 5.51. The molecule has 0 radical (unpaired) electrons. The van der Waals surface area contributed by atoms with Gasteiger partial charge in [-0.2, -0.15) is 11.8 Å². The molecule has 1 aliphatic carbocycles. The molecule has 0 heterocycles. The van der Waals surface area contributed by atoms with Gasteiger partial charge in [0.1, 0.15) is 0 Å². The molecule has 3 heteroatoms. The van der Waals surface area contributed by atoms with Crippen molar-refractivity contribution in [2.24, 2.45) is 0 Å². The molecule has 1 rings (SSSR count). The molecule has 2 nitrogen and oxygen atoms in total. The highest BCUT2D eigenvalue weighted by atomic mass is 32.2. The molecular formula is C13H27NOS. The first-order valence-electron chi connectivity index (χ1n) is 6.79. The molecule has 0 amide bonds. The molecule has 0 spiro atoms. The van der Waals surface area contributed by atoms with Gasteiger partial charge in [-0.05, 0) is 26.3 Å². The van der Waals surface area contributed by atoms with E-state index < -0.39 is 0 Å². The fourth-order valence-corrected chi connectivity index (χ4v) is 3.58. The Balaban J connectivity index is 2.14. The summed E-state index contributed by atoms with van der Waals surface area (Å²) in [6.07, 6.45) is 7.19. The van der Waals surface area contributed by atoms with E-state index in [2.05, 4.69) is 30.9 Å². The number of ether oxygens (including phenoxy) is 1. The molecule has 0 aromatic heterocycles. The molecule has 1 unspecified atom stereocenters. The lowest BCUT2D eigenvalue weighted by Gasteiger charge is -2.24. The van der Waals surface area contributed by atoms with Gasteiger partial charge >= 0.3 is 0 Å². The van der Waals surface area contributed by atoms with Crippen molar-refractivity contribution in [2.45, 2.75) is 57.2 Å². The number of likely N-dealkylation sites (N-methyl/N-ethyl adjacent to an activating group) is 1. The Labute approximate surface area is 105 Å². The van der Waals surface area contributed by atoms with Crippen LogP contribution in [-0.4, -0.2) is 36.8 Å². The molecule has 1 saturated carbocycles. The number of rotatable bonds is 8. The van der Waals surface area contributed by atoms with Gasteiger partial charge in [0.05, 0.1) is 6.61 Å². The van der Waals surface area contributed by atoms with Crippen LogP contribution in [0, 0.1) is 0 Å². The molecule has 1 atom stereocenters. The van der Waals surface area contributed by atoms with Crippen LogP contribution in [0.25, 0.3) is 0 Å². The van der Waals surface area contributed by atoms with E-state index in [0.717, 1.165) is 25.0 Å². The van der Waals surface area contributed by atoms with Gasteiger partial charge in [0.2, 0.25) is 0 Å². The Morgan fingerprint density at radius 3 is 2.62 bits per heavy atom. The maximum absolute atomic E-state index is 5.51. The summed E-state index contributed by atoms with van der Waals surface area (Å²) in [6, 6.07) is 0.539. The lowest BCUT2D eigenvalue weighted by Crippen LogP contribution is -2.36. The van der Waals surface area contributed by atoms with Crippen LogP contribution in [0.4, 0.5) is 0 Å². The molecule has 1 N–H and O–H groups in total. The first-order chi connectivity index (χ1) is 7.86. The third kappa shape index (κ3) is 6.12. The second-order valence-corrected chi connectivity index (χ2v) is 5.84. The fourth-order valence-electron chi connectivity index (χ4n) is 2.20. The second kappa shape index (κ2) is 9.32. The average molecular weight is 245 g/mol. The van der Waals surface area contributed by atoms with Gasteiger partial charge in [0.25, 0.3) is 0 Å². The zero-order chi connectivity index (χ0) is 11.6. The Bertz CT molecular complexity index is 160. The molecular weight excluding hydrogens is 218 g/mol. The van der Waals surface area contributed by atoms with Crippen LogP contribution in [0.5, 0.6) is 0 Å². The third-order valence-electron chi connectivity index (χ3n) is 3.10. The van der Waals surface area contributed by atoms with Gasteiger partial charge in [0, 0.05) is 23.7 Å². The number of thioether (sulfide) groups is 1. The smallest absolute Gasteiger partial charge is 0.0627 e. The number of hydrogen-bond acceptors (Lipinski definition) is 3. The van der Waals surface area contributed by atoms with Crippen molar-refractivity contribution >= 4 is 11.8 Å². The molecule has 96 valence electrons. The molecule has 0 aromatic carbocycles. The minimum absolute atomic E-state index is 0.539. The summed E-state index contributed by atoms with van der Waals surface area (Å²) < 4.78 is 5.51. The first-order valence-corrected chi connectivity index (χ1v) is 7.84. The number of nitrogens with one attached hydrogen (secondary N) is 1. The Kier molecular flexibility index (Phi) is 8.34. The first kappa shape index (κ1) is 14.3. The van der Waals surface area contributed by atoms with E-state index in [9.17, 15) is 0 Å². The largest absolute Gasteiger partial charge is 0.380 e. The zero-order valence-electron chi connectivity index (χ0n) is 10.8. The summed E-state index contributed by atoms with van der Waals surface area (Å²) in [5.74, 6) is 1.21. The van der Waals surface area contributed by atoms with Gasteiger partial charge in [0.15, 0.2) is 0 Å². The lowest BCUT2D eigenvalue weighted by molar-refractivity contribution is 0.129. The Morgan fingerprint density at radius 1 is 1.25 bits per heavy atom. The summed E-state index contributed by atoms with van der Waals surface area (Å²) in [5, 5.41) is 4.42. The lowest BCUT2D eigenvalue weighted by atomic mass is 10.0. The van der Waals surface area contributed by atoms with Crippen molar-refractivity contribution in [3.63, 3.8) is 0 Å². The Morgan fingerprint density at radius 2 is 2.00 bits per heavy atom. The molecule has 0 bridgehead atoms. The van der Waals surface area contributed by atoms with E-state index in [0.29, 0.717) is 6.04 Å². The summed E-state index contributed by atoms with van der Waals surface area (Å²) in [7, 11) is 0. The van der Waals surface area contributed by atoms with Gasteiger partial charge in [-0.25, -0.2) is 0 Å². The average Bonchev–Trinajstić information content (AvgIpc) is 2.34. The van der Waals surface area contributed by atoms with Crippen molar-refractivity contribution in [3.8, 4) is 0 Å². The highest BCUT2D eigenvalue weighted by Gasteiger charge is 2.16. The normalized spacial score (nSPS) is 19.9. The van der Waals surface area contributed by atoms with Crippen LogP contribution in [0.15, 0.2) is 0 Å². The SMILES string of the molecule is CCNC(COCC)CSC1CCCCC1. The van der Waals surface area contributed by atoms with E-state index in [-0.39, 0.29) is 0 Å². The van der Waals surface area contributed by atoms with Crippen LogP contribution in [0.2, 0.25) is 0 Å².